The van der Waals surface area contributed by atoms with E-state index < -0.39 is 6.61 Å². The standard InChI is InChI=1S/C11H14F2N2O/c1-15-6-2-3-9(15)8-4-5-10(14-7-8)16-11(12)13/h4-5,7,9,11H,2-3,6H2,1H3. The number of pyridine rings is 1. The highest BCUT2D eigenvalue weighted by molar-refractivity contribution is 5.21. The molecular weight excluding hydrogens is 214 g/mol. The van der Waals surface area contributed by atoms with Gasteiger partial charge in [-0.25, -0.2) is 4.98 Å². The SMILES string of the molecule is CN1CCCC1c1ccc(OC(F)F)nc1. The van der Waals surface area contributed by atoms with Gasteiger partial charge in [0.05, 0.1) is 0 Å². The summed E-state index contributed by atoms with van der Waals surface area (Å²) < 4.78 is 28.0. The Kier molecular flexibility index (Phi) is 3.33. The largest absolute Gasteiger partial charge is 0.417 e. The van der Waals surface area contributed by atoms with Crippen LogP contribution in [0.15, 0.2) is 18.3 Å². The first-order valence-electron chi connectivity index (χ1n) is 5.28. The summed E-state index contributed by atoms with van der Waals surface area (Å²) in [7, 11) is 2.06. The highest BCUT2D eigenvalue weighted by Gasteiger charge is 2.22. The maximum atomic E-state index is 11.9. The van der Waals surface area contributed by atoms with Crippen LogP contribution in [0, 0.1) is 0 Å². The lowest BCUT2D eigenvalue weighted by atomic mass is 10.1. The van der Waals surface area contributed by atoms with E-state index >= 15 is 0 Å². The zero-order valence-electron chi connectivity index (χ0n) is 9.07. The molecule has 1 aliphatic heterocycles. The molecule has 3 nitrogen and oxygen atoms in total. The lowest BCUT2D eigenvalue weighted by Crippen LogP contribution is -2.17. The van der Waals surface area contributed by atoms with E-state index in [2.05, 4.69) is 21.7 Å². The number of nitrogens with zero attached hydrogens (tertiary/aromatic N) is 2. The van der Waals surface area contributed by atoms with E-state index in [-0.39, 0.29) is 5.88 Å². The van der Waals surface area contributed by atoms with Crippen LogP contribution in [0.5, 0.6) is 5.88 Å². The number of halogens is 2. The molecule has 0 aliphatic carbocycles. The Balaban J connectivity index is 2.07. The van der Waals surface area contributed by atoms with Gasteiger partial charge < -0.3 is 4.74 Å². The third kappa shape index (κ3) is 2.47. The molecule has 16 heavy (non-hydrogen) atoms. The van der Waals surface area contributed by atoms with E-state index in [1.54, 1.807) is 12.3 Å². The lowest BCUT2D eigenvalue weighted by Gasteiger charge is -2.19. The van der Waals surface area contributed by atoms with E-state index in [9.17, 15) is 8.78 Å². The first kappa shape index (κ1) is 11.3. The zero-order chi connectivity index (χ0) is 11.5. The van der Waals surface area contributed by atoms with Crippen molar-refractivity contribution in [3.63, 3.8) is 0 Å². The van der Waals surface area contributed by atoms with E-state index in [0.717, 1.165) is 24.9 Å². The fourth-order valence-corrected chi connectivity index (χ4v) is 2.08. The molecule has 0 radical (unpaired) electrons. The highest BCUT2D eigenvalue weighted by Crippen LogP contribution is 2.30. The summed E-state index contributed by atoms with van der Waals surface area (Å²) in [6, 6.07) is 3.65. The minimum absolute atomic E-state index is 0.0283. The van der Waals surface area contributed by atoms with Crippen LogP contribution in [-0.2, 0) is 0 Å². The van der Waals surface area contributed by atoms with Crippen molar-refractivity contribution < 1.29 is 13.5 Å². The molecule has 5 heteroatoms. The number of rotatable bonds is 3. The number of hydrogen-bond donors (Lipinski definition) is 0. The van der Waals surface area contributed by atoms with Crippen LogP contribution in [0.1, 0.15) is 24.4 Å². The molecule has 1 aromatic rings. The third-order valence-electron chi connectivity index (χ3n) is 2.87. The first-order valence-corrected chi connectivity index (χ1v) is 5.28. The second kappa shape index (κ2) is 4.74. The van der Waals surface area contributed by atoms with Crippen LogP contribution in [0.4, 0.5) is 8.78 Å². The summed E-state index contributed by atoms with van der Waals surface area (Å²) in [5, 5.41) is 0. The fraction of sp³-hybridized carbons (Fsp3) is 0.545. The molecule has 1 aliphatic rings. The summed E-state index contributed by atoms with van der Waals surface area (Å²) in [6.07, 6.45) is 3.87. The normalized spacial score (nSPS) is 21.6. The van der Waals surface area contributed by atoms with Gasteiger partial charge >= 0.3 is 6.61 Å². The van der Waals surface area contributed by atoms with Gasteiger partial charge in [-0.3, -0.25) is 4.90 Å². The number of ether oxygens (including phenoxy) is 1. The molecule has 0 saturated carbocycles. The second-order valence-corrected chi connectivity index (χ2v) is 3.95. The van der Waals surface area contributed by atoms with E-state index in [4.69, 9.17) is 0 Å². The quantitative estimate of drug-likeness (QED) is 0.794. The van der Waals surface area contributed by atoms with Crippen LogP contribution in [0.25, 0.3) is 0 Å². The molecule has 1 fully saturated rings. The molecule has 1 saturated heterocycles. The average molecular weight is 228 g/mol. The van der Waals surface area contributed by atoms with Crippen molar-refractivity contribution in [2.24, 2.45) is 0 Å². The predicted molar refractivity (Wildman–Crippen MR) is 55.5 cm³/mol. The summed E-state index contributed by atoms with van der Waals surface area (Å²) in [5.41, 5.74) is 1.06. The van der Waals surface area contributed by atoms with Crippen molar-refractivity contribution in [2.45, 2.75) is 25.5 Å². The Hall–Kier alpha value is -1.23. The highest BCUT2D eigenvalue weighted by atomic mass is 19.3. The second-order valence-electron chi connectivity index (χ2n) is 3.95. The molecule has 0 amide bonds. The molecule has 88 valence electrons. The minimum atomic E-state index is -2.81. The van der Waals surface area contributed by atoms with Crippen LogP contribution in [0.2, 0.25) is 0 Å². The van der Waals surface area contributed by atoms with E-state index in [1.807, 2.05) is 0 Å². The predicted octanol–water partition coefficient (Wildman–Crippen LogP) is 2.45. The van der Waals surface area contributed by atoms with Crippen molar-refractivity contribution >= 4 is 0 Å². The average Bonchev–Trinajstić information content (AvgIpc) is 2.65. The maximum Gasteiger partial charge on any atom is 0.388 e. The molecule has 0 N–H and O–H groups in total. The van der Waals surface area contributed by atoms with Crippen molar-refractivity contribution in [2.75, 3.05) is 13.6 Å². The molecule has 2 rings (SSSR count). The fourth-order valence-electron chi connectivity index (χ4n) is 2.08. The van der Waals surface area contributed by atoms with Crippen LogP contribution in [0.3, 0.4) is 0 Å². The first-order chi connectivity index (χ1) is 7.66. The van der Waals surface area contributed by atoms with Gasteiger partial charge in [0.2, 0.25) is 5.88 Å². The van der Waals surface area contributed by atoms with Crippen molar-refractivity contribution in [1.82, 2.24) is 9.88 Å². The van der Waals surface area contributed by atoms with Gasteiger partial charge in [0, 0.05) is 18.3 Å². The summed E-state index contributed by atoms with van der Waals surface area (Å²) >= 11 is 0. The summed E-state index contributed by atoms with van der Waals surface area (Å²) in [6.45, 7) is -1.74. The van der Waals surface area contributed by atoms with Crippen molar-refractivity contribution in [1.29, 1.82) is 0 Å². The molecule has 1 aromatic heterocycles. The molecule has 1 atom stereocenters. The van der Waals surface area contributed by atoms with Crippen LogP contribution >= 0.6 is 0 Å². The van der Waals surface area contributed by atoms with Gasteiger partial charge in [0.1, 0.15) is 0 Å². The summed E-state index contributed by atoms with van der Waals surface area (Å²) in [4.78, 5) is 6.11. The number of likely N-dealkylation sites (tertiary alicyclic amines) is 1. The van der Waals surface area contributed by atoms with Crippen LogP contribution < -0.4 is 4.74 Å². The molecule has 0 bridgehead atoms. The van der Waals surface area contributed by atoms with Gasteiger partial charge in [0.25, 0.3) is 0 Å². The van der Waals surface area contributed by atoms with E-state index in [0.29, 0.717) is 6.04 Å². The van der Waals surface area contributed by atoms with Crippen molar-refractivity contribution in [3.05, 3.63) is 23.9 Å². The number of aromatic nitrogens is 1. The van der Waals surface area contributed by atoms with Crippen LogP contribution in [-0.4, -0.2) is 30.1 Å². The maximum absolute atomic E-state index is 11.9. The zero-order valence-corrected chi connectivity index (χ0v) is 9.07. The van der Waals surface area contributed by atoms with Gasteiger partial charge in [-0.2, -0.15) is 8.78 Å². The Morgan fingerprint density at radius 3 is 2.81 bits per heavy atom. The molecule has 1 unspecified atom stereocenters. The van der Waals surface area contributed by atoms with Gasteiger partial charge in [-0.15, -0.1) is 0 Å². The third-order valence-corrected chi connectivity index (χ3v) is 2.87. The lowest BCUT2D eigenvalue weighted by molar-refractivity contribution is -0.0528. The molecular formula is C11H14F2N2O. The molecule has 2 heterocycles. The Bertz CT molecular complexity index is 342. The Labute approximate surface area is 93.0 Å². The number of hydrogen-bond acceptors (Lipinski definition) is 3. The minimum Gasteiger partial charge on any atom is -0.417 e. The topological polar surface area (TPSA) is 25.4 Å². The Morgan fingerprint density at radius 1 is 1.50 bits per heavy atom. The molecule has 0 spiro atoms. The Morgan fingerprint density at radius 2 is 2.31 bits per heavy atom. The van der Waals surface area contributed by atoms with Crippen molar-refractivity contribution in [3.8, 4) is 5.88 Å². The van der Waals surface area contributed by atoms with E-state index in [1.165, 1.54) is 6.07 Å². The van der Waals surface area contributed by atoms with Gasteiger partial charge in [0.15, 0.2) is 0 Å². The smallest absolute Gasteiger partial charge is 0.388 e. The van der Waals surface area contributed by atoms with Gasteiger partial charge in [-0.05, 0) is 32.0 Å². The van der Waals surface area contributed by atoms with Gasteiger partial charge in [-0.1, -0.05) is 6.07 Å². The monoisotopic (exact) mass is 228 g/mol. The molecule has 0 aromatic carbocycles. The number of alkyl halides is 2. The summed E-state index contributed by atoms with van der Waals surface area (Å²) in [5.74, 6) is -0.0283.